The highest BCUT2D eigenvalue weighted by atomic mass is 16.3. The van der Waals surface area contributed by atoms with Crippen molar-refractivity contribution in [2.75, 3.05) is 11.9 Å². The fraction of sp³-hybridized carbons (Fsp3) is 0.583. The van der Waals surface area contributed by atoms with Crippen LogP contribution in [0.5, 0.6) is 0 Å². The van der Waals surface area contributed by atoms with Crippen molar-refractivity contribution in [2.24, 2.45) is 5.92 Å². The van der Waals surface area contributed by atoms with E-state index in [-0.39, 0.29) is 6.10 Å². The third kappa shape index (κ3) is 3.20. The Morgan fingerprint density at radius 1 is 1.33 bits per heavy atom. The third-order valence-corrected chi connectivity index (χ3v) is 3.07. The largest absolute Gasteiger partial charge is 0.393 e. The first-order valence-electron chi connectivity index (χ1n) is 5.66. The van der Waals surface area contributed by atoms with Gasteiger partial charge in [-0.05, 0) is 43.7 Å². The fourth-order valence-electron chi connectivity index (χ4n) is 2.08. The van der Waals surface area contributed by atoms with Gasteiger partial charge in [0.05, 0.1) is 11.8 Å². The molecule has 15 heavy (non-hydrogen) atoms. The minimum absolute atomic E-state index is 0.0559. The van der Waals surface area contributed by atoms with Crippen LogP contribution in [-0.4, -0.2) is 22.7 Å². The second-order valence-electron chi connectivity index (χ2n) is 4.30. The molecule has 0 aromatic carbocycles. The van der Waals surface area contributed by atoms with E-state index in [1.165, 1.54) is 0 Å². The minimum Gasteiger partial charge on any atom is -0.393 e. The van der Waals surface area contributed by atoms with Gasteiger partial charge in [0.2, 0.25) is 0 Å². The average molecular weight is 206 g/mol. The molecule has 1 aliphatic carbocycles. The molecule has 3 heteroatoms. The summed E-state index contributed by atoms with van der Waals surface area (Å²) in [5.41, 5.74) is 1.09. The van der Waals surface area contributed by atoms with E-state index in [4.69, 9.17) is 0 Å². The number of anilines is 1. The molecule has 1 aromatic heterocycles. The van der Waals surface area contributed by atoms with Gasteiger partial charge in [0.15, 0.2) is 0 Å². The Morgan fingerprint density at radius 3 is 2.80 bits per heavy atom. The molecule has 2 rings (SSSR count). The van der Waals surface area contributed by atoms with Gasteiger partial charge in [0.25, 0.3) is 0 Å². The van der Waals surface area contributed by atoms with E-state index in [0.717, 1.165) is 37.9 Å². The van der Waals surface area contributed by atoms with Gasteiger partial charge in [0.1, 0.15) is 0 Å². The highest BCUT2D eigenvalue weighted by Crippen LogP contribution is 2.24. The first kappa shape index (κ1) is 10.4. The van der Waals surface area contributed by atoms with E-state index in [1.54, 1.807) is 6.20 Å². The second kappa shape index (κ2) is 5.12. The van der Waals surface area contributed by atoms with Crippen molar-refractivity contribution in [3.8, 4) is 0 Å². The van der Waals surface area contributed by atoms with Crippen LogP contribution in [0.15, 0.2) is 24.5 Å². The van der Waals surface area contributed by atoms with Crippen LogP contribution in [0.2, 0.25) is 0 Å². The third-order valence-electron chi connectivity index (χ3n) is 3.07. The van der Waals surface area contributed by atoms with Gasteiger partial charge in [0, 0.05) is 18.9 Å². The molecule has 0 amide bonds. The van der Waals surface area contributed by atoms with Crippen LogP contribution in [0.3, 0.4) is 0 Å². The van der Waals surface area contributed by atoms with Crippen molar-refractivity contribution in [1.82, 2.24) is 4.98 Å². The quantitative estimate of drug-likeness (QED) is 0.795. The summed E-state index contributed by atoms with van der Waals surface area (Å²) in [4.78, 5) is 4.06. The maximum absolute atomic E-state index is 9.38. The summed E-state index contributed by atoms with van der Waals surface area (Å²) in [6.07, 6.45) is 7.75. The van der Waals surface area contributed by atoms with Gasteiger partial charge >= 0.3 is 0 Å². The summed E-state index contributed by atoms with van der Waals surface area (Å²) in [6.45, 7) is 0.998. The maximum Gasteiger partial charge on any atom is 0.0540 e. The Morgan fingerprint density at radius 2 is 2.13 bits per heavy atom. The number of rotatable bonds is 3. The van der Waals surface area contributed by atoms with E-state index >= 15 is 0 Å². The number of hydrogen-bond acceptors (Lipinski definition) is 3. The van der Waals surface area contributed by atoms with E-state index in [9.17, 15) is 5.11 Å². The average Bonchev–Trinajstić information content (AvgIpc) is 2.30. The predicted molar refractivity (Wildman–Crippen MR) is 60.7 cm³/mol. The Hall–Kier alpha value is -1.09. The van der Waals surface area contributed by atoms with Crippen LogP contribution in [0.1, 0.15) is 25.7 Å². The summed E-state index contributed by atoms with van der Waals surface area (Å²) in [7, 11) is 0. The monoisotopic (exact) mass is 206 g/mol. The predicted octanol–water partition coefficient (Wildman–Crippen LogP) is 2.04. The van der Waals surface area contributed by atoms with E-state index in [0.29, 0.717) is 5.92 Å². The van der Waals surface area contributed by atoms with Crippen LogP contribution in [0, 0.1) is 5.92 Å². The summed E-state index contributed by atoms with van der Waals surface area (Å²) in [6, 6.07) is 3.97. The fourth-order valence-corrected chi connectivity index (χ4v) is 2.08. The van der Waals surface area contributed by atoms with Crippen molar-refractivity contribution in [3.63, 3.8) is 0 Å². The lowest BCUT2D eigenvalue weighted by molar-refractivity contribution is 0.111. The number of aromatic nitrogens is 1. The zero-order chi connectivity index (χ0) is 10.5. The molecule has 0 saturated heterocycles. The first-order valence-corrected chi connectivity index (χ1v) is 5.66. The van der Waals surface area contributed by atoms with E-state index < -0.39 is 0 Å². The lowest BCUT2D eigenvalue weighted by Crippen LogP contribution is -2.23. The molecule has 1 fully saturated rings. The lowest BCUT2D eigenvalue weighted by Gasteiger charge is -2.25. The lowest BCUT2D eigenvalue weighted by atomic mass is 9.87. The van der Waals surface area contributed by atoms with Crippen LogP contribution >= 0.6 is 0 Å². The molecule has 1 aliphatic rings. The van der Waals surface area contributed by atoms with Crippen molar-refractivity contribution in [1.29, 1.82) is 0 Å². The van der Waals surface area contributed by atoms with Gasteiger partial charge < -0.3 is 10.4 Å². The molecule has 2 N–H and O–H groups in total. The summed E-state index contributed by atoms with van der Waals surface area (Å²) < 4.78 is 0. The highest BCUT2D eigenvalue weighted by molar-refractivity contribution is 5.39. The van der Waals surface area contributed by atoms with Crippen LogP contribution in [-0.2, 0) is 0 Å². The number of nitrogens with one attached hydrogen (secondary N) is 1. The van der Waals surface area contributed by atoms with Crippen molar-refractivity contribution in [2.45, 2.75) is 31.8 Å². The van der Waals surface area contributed by atoms with Crippen LogP contribution in [0.25, 0.3) is 0 Å². The Labute approximate surface area is 90.5 Å². The topological polar surface area (TPSA) is 45.1 Å². The molecule has 1 heterocycles. The smallest absolute Gasteiger partial charge is 0.0540 e. The standard InChI is InChI=1S/C12H18N2O/c15-12-5-3-10(4-6-12)8-14-11-2-1-7-13-9-11/h1-2,7,9-10,12,14-15H,3-6,8H2. The Balaban J connectivity index is 1.74. The molecular weight excluding hydrogens is 188 g/mol. The highest BCUT2D eigenvalue weighted by Gasteiger charge is 2.18. The summed E-state index contributed by atoms with van der Waals surface area (Å²) in [5, 5.41) is 12.8. The molecule has 1 saturated carbocycles. The second-order valence-corrected chi connectivity index (χ2v) is 4.30. The van der Waals surface area contributed by atoms with Gasteiger partial charge in [-0.25, -0.2) is 0 Å². The molecule has 0 unspecified atom stereocenters. The van der Waals surface area contributed by atoms with Gasteiger partial charge in [-0.15, -0.1) is 0 Å². The van der Waals surface area contributed by atoms with Gasteiger partial charge in [-0.3, -0.25) is 4.98 Å². The molecule has 0 bridgehead atoms. The first-order chi connectivity index (χ1) is 7.34. The molecule has 0 aliphatic heterocycles. The van der Waals surface area contributed by atoms with Gasteiger partial charge in [-0.1, -0.05) is 0 Å². The van der Waals surface area contributed by atoms with Crippen LogP contribution in [0.4, 0.5) is 5.69 Å². The number of nitrogens with zero attached hydrogens (tertiary/aromatic N) is 1. The van der Waals surface area contributed by atoms with Crippen molar-refractivity contribution < 1.29 is 5.11 Å². The molecule has 0 spiro atoms. The number of pyridine rings is 1. The van der Waals surface area contributed by atoms with Crippen molar-refractivity contribution in [3.05, 3.63) is 24.5 Å². The number of aliphatic hydroxyl groups excluding tert-OH is 1. The van der Waals surface area contributed by atoms with Gasteiger partial charge in [-0.2, -0.15) is 0 Å². The maximum atomic E-state index is 9.38. The normalized spacial score (nSPS) is 26.2. The Bertz CT molecular complexity index is 281. The van der Waals surface area contributed by atoms with Crippen LogP contribution < -0.4 is 5.32 Å². The molecule has 3 nitrogen and oxygen atoms in total. The SMILES string of the molecule is OC1CCC(CNc2cccnc2)CC1. The van der Waals surface area contributed by atoms with E-state index in [2.05, 4.69) is 10.3 Å². The number of hydrogen-bond donors (Lipinski definition) is 2. The van der Waals surface area contributed by atoms with Crippen molar-refractivity contribution >= 4 is 5.69 Å². The van der Waals surface area contributed by atoms with E-state index in [1.807, 2.05) is 18.3 Å². The molecule has 82 valence electrons. The summed E-state index contributed by atoms with van der Waals surface area (Å²) >= 11 is 0. The zero-order valence-electron chi connectivity index (χ0n) is 8.89. The summed E-state index contributed by atoms with van der Waals surface area (Å²) in [5.74, 6) is 0.702. The molecular formula is C12H18N2O. The Kier molecular flexibility index (Phi) is 3.56. The molecule has 0 atom stereocenters. The number of aliphatic hydroxyl groups is 1. The molecule has 0 radical (unpaired) electrons. The zero-order valence-corrected chi connectivity index (χ0v) is 8.89. The minimum atomic E-state index is -0.0559. The molecule has 1 aromatic rings.